The Labute approximate surface area is 155 Å². The summed E-state index contributed by atoms with van der Waals surface area (Å²) in [5, 5.41) is 3.42. The van der Waals surface area contributed by atoms with Crippen molar-refractivity contribution < 1.29 is 4.79 Å². The molecule has 3 rings (SSSR count). The van der Waals surface area contributed by atoms with Crippen molar-refractivity contribution in [2.75, 3.05) is 13.1 Å². The van der Waals surface area contributed by atoms with E-state index in [1.54, 1.807) is 18.6 Å². The Kier molecular flexibility index (Phi) is 7.82. The normalized spacial score (nSPS) is 17.2. The lowest BCUT2D eigenvalue weighted by atomic mass is 10.1. The fourth-order valence-electron chi connectivity index (χ4n) is 3.18. The summed E-state index contributed by atoms with van der Waals surface area (Å²) in [6.45, 7) is 2.57. The standard InChI is InChI=1S/C19H24N4O.ClH/c24-19(13-16-5-3-10-21-14-16)23(15-17-6-1-2-11-22-17)18-7-4-9-20-12-8-18;/h1-3,5-6,10-11,14,18,20H,4,7-9,12-13,15H2;1H. The smallest absolute Gasteiger partial charge is 0.227 e. The van der Waals surface area contributed by atoms with Crippen LogP contribution >= 0.6 is 12.4 Å². The Morgan fingerprint density at radius 3 is 2.84 bits per heavy atom. The van der Waals surface area contributed by atoms with E-state index in [9.17, 15) is 4.79 Å². The van der Waals surface area contributed by atoms with E-state index in [2.05, 4.69) is 15.3 Å². The van der Waals surface area contributed by atoms with E-state index in [0.29, 0.717) is 13.0 Å². The van der Waals surface area contributed by atoms with Crippen molar-refractivity contribution >= 4 is 18.3 Å². The highest BCUT2D eigenvalue weighted by atomic mass is 35.5. The second-order valence-electron chi connectivity index (χ2n) is 6.22. The monoisotopic (exact) mass is 360 g/mol. The van der Waals surface area contributed by atoms with Crippen molar-refractivity contribution in [3.05, 3.63) is 60.2 Å². The van der Waals surface area contributed by atoms with Gasteiger partial charge in [0.2, 0.25) is 5.91 Å². The van der Waals surface area contributed by atoms with E-state index in [0.717, 1.165) is 43.6 Å². The zero-order valence-corrected chi connectivity index (χ0v) is 15.1. The summed E-state index contributed by atoms with van der Waals surface area (Å²) in [7, 11) is 0. The van der Waals surface area contributed by atoms with Gasteiger partial charge in [0.05, 0.1) is 18.7 Å². The summed E-state index contributed by atoms with van der Waals surface area (Å²) >= 11 is 0. The molecule has 134 valence electrons. The molecule has 1 atom stereocenters. The van der Waals surface area contributed by atoms with Crippen LogP contribution in [0, 0.1) is 0 Å². The molecule has 2 aromatic heterocycles. The molecule has 1 aliphatic heterocycles. The van der Waals surface area contributed by atoms with E-state index in [1.165, 1.54) is 0 Å². The van der Waals surface area contributed by atoms with E-state index in [1.807, 2.05) is 35.2 Å². The van der Waals surface area contributed by atoms with Gasteiger partial charge in [-0.05, 0) is 56.1 Å². The number of pyridine rings is 2. The van der Waals surface area contributed by atoms with Crippen LogP contribution in [0.2, 0.25) is 0 Å². The molecule has 1 amide bonds. The molecule has 5 nitrogen and oxygen atoms in total. The van der Waals surface area contributed by atoms with E-state index < -0.39 is 0 Å². The average Bonchev–Trinajstić information content (AvgIpc) is 2.90. The minimum absolute atomic E-state index is 0. The topological polar surface area (TPSA) is 58.1 Å². The molecule has 6 heteroatoms. The van der Waals surface area contributed by atoms with Crippen LogP contribution in [0.1, 0.15) is 30.5 Å². The Morgan fingerprint density at radius 2 is 2.08 bits per heavy atom. The van der Waals surface area contributed by atoms with Gasteiger partial charge in [0, 0.05) is 24.6 Å². The first-order valence-electron chi connectivity index (χ1n) is 8.62. The molecule has 0 aromatic carbocycles. The lowest BCUT2D eigenvalue weighted by Gasteiger charge is -2.31. The molecule has 0 radical (unpaired) electrons. The summed E-state index contributed by atoms with van der Waals surface area (Å²) < 4.78 is 0. The molecule has 0 aliphatic carbocycles. The van der Waals surface area contributed by atoms with Crippen molar-refractivity contribution in [1.29, 1.82) is 0 Å². The van der Waals surface area contributed by atoms with Crippen LogP contribution < -0.4 is 5.32 Å². The zero-order chi connectivity index (χ0) is 16.6. The van der Waals surface area contributed by atoms with Crippen molar-refractivity contribution in [2.24, 2.45) is 0 Å². The predicted molar refractivity (Wildman–Crippen MR) is 100 cm³/mol. The van der Waals surface area contributed by atoms with E-state index in [-0.39, 0.29) is 24.4 Å². The van der Waals surface area contributed by atoms with Crippen molar-refractivity contribution in [3.8, 4) is 0 Å². The molecular weight excluding hydrogens is 336 g/mol. The van der Waals surface area contributed by atoms with Gasteiger partial charge >= 0.3 is 0 Å². The van der Waals surface area contributed by atoms with Gasteiger partial charge in [-0.3, -0.25) is 14.8 Å². The van der Waals surface area contributed by atoms with Crippen molar-refractivity contribution in [3.63, 3.8) is 0 Å². The number of carbonyl (C=O) groups is 1. The average molecular weight is 361 g/mol. The molecule has 1 aliphatic rings. The maximum Gasteiger partial charge on any atom is 0.227 e. The van der Waals surface area contributed by atoms with Crippen LogP contribution in [0.15, 0.2) is 48.9 Å². The predicted octanol–water partition coefficient (Wildman–Crippen LogP) is 2.61. The summed E-state index contributed by atoms with van der Waals surface area (Å²) in [6, 6.07) is 9.96. The van der Waals surface area contributed by atoms with Crippen LogP contribution in [0.5, 0.6) is 0 Å². The van der Waals surface area contributed by atoms with Gasteiger partial charge in [-0.25, -0.2) is 0 Å². The van der Waals surface area contributed by atoms with Gasteiger partial charge in [0.25, 0.3) is 0 Å². The molecule has 25 heavy (non-hydrogen) atoms. The first-order valence-corrected chi connectivity index (χ1v) is 8.62. The van der Waals surface area contributed by atoms with Crippen LogP contribution in [0.4, 0.5) is 0 Å². The minimum Gasteiger partial charge on any atom is -0.333 e. The fourth-order valence-corrected chi connectivity index (χ4v) is 3.18. The fraction of sp³-hybridized carbons (Fsp3) is 0.421. The van der Waals surface area contributed by atoms with Gasteiger partial charge in [-0.15, -0.1) is 12.4 Å². The highest BCUT2D eigenvalue weighted by Gasteiger charge is 2.25. The molecule has 0 spiro atoms. The molecule has 1 N–H and O–H groups in total. The number of carbonyl (C=O) groups excluding carboxylic acids is 1. The van der Waals surface area contributed by atoms with Gasteiger partial charge in [-0.1, -0.05) is 12.1 Å². The summed E-state index contributed by atoms with van der Waals surface area (Å²) in [5.41, 5.74) is 1.90. The third kappa shape index (κ3) is 5.80. The lowest BCUT2D eigenvalue weighted by Crippen LogP contribution is -2.41. The van der Waals surface area contributed by atoms with Crippen LogP contribution in [0.25, 0.3) is 0 Å². The van der Waals surface area contributed by atoms with E-state index in [4.69, 9.17) is 0 Å². The lowest BCUT2D eigenvalue weighted by molar-refractivity contribution is -0.133. The number of amides is 1. The van der Waals surface area contributed by atoms with Crippen LogP contribution in [-0.4, -0.2) is 39.9 Å². The first kappa shape index (κ1) is 19.3. The second-order valence-corrected chi connectivity index (χ2v) is 6.22. The second kappa shape index (κ2) is 10.1. The first-order chi connectivity index (χ1) is 11.8. The van der Waals surface area contributed by atoms with Gasteiger partial charge in [-0.2, -0.15) is 0 Å². The molecule has 3 heterocycles. The summed E-state index contributed by atoms with van der Waals surface area (Å²) in [6.07, 6.45) is 8.81. The SMILES string of the molecule is Cl.O=C(Cc1cccnc1)N(Cc1ccccn1)C1CCCNCC1. The number of aromatic nitrogens is 2. The third-order valence-corrected chi connectivity index (χ3v) is 4.44. The van der Waals surface area contributed by atoms with E-state index >= 15 is 0 Å². The maximum absolute atomic E-state index is 13.0. The van der Waals surface area contributed by atoms with Crippen molar-refractivity contribution in [1.82, 2.24) is 20.2 Å². The highest BCUT2D eigenvalue weighted by molar-refractivity contribution is 5.85. The number of nitrogens with one attached hydrogen (secondary N) is 1. The molecule has 1 fully saturated rings. The molecule has 1 saturated heterocycles. The molecule has 0 bridgehead atoms. The molecular formula is C19H25ClN4O. The van der Waals surface area contributed by atoms with Gasteiger partial charge < -0.3 is 10.2 Å². The molecule has 1 unspecified atom stereocenters. The number of rotatable bonds is 5. The quantitative estimate of drug-likeness (QED) is 0.890. The number of hydrogen-bond acceptors (Lipinski definition) is 4. The van der Waals surface area contributed by atoms with Gasteiger partial charge in [0.1, 0.15) is 0 Å². The number of halogens is 1. The van der Waals surface area contributed by atoms with Crippen molar-refractivity contribution in [2.45, 2.75) is 38.3 Å². The van der Waals surface area contributed by atoms with Crippen LogP contribution in [0.3, 0.4) is 0 Å². The van der Waals surface area contributed by atoms with Crippen LogP contribution in [-0.2, 0) is 17.8 Å². The Bertz CT molecular complexity index is 630. The molecule has 2 aromatic rings. The summed E-state index contributed by atoms with van der Waals surface area (Å²) in [4.78, 5) is 23.5. The highest BCUT2D eigenvalue weighted by Crippen LogP contribution is 2.18. The Balaban J connectivity index is 0.00000225. The number of nitrogens with zero attached hydrogens (tertiary/aromatic N) is 3. The molecule has 0 saturated carbocycles. The largest absolute Gasteiger partial charge is 0.333 e. The summed E-state index contributed by atoms with van der Waals surface area (Å²) in [5.74, 6) is 0.153. The number of hydrogen-bond donors (Lipinski definition) is 1. The third-order valence-electron chi connectivity index (χ3n) is 4.44. The maximum atomic E-state index is 13.0. The zero-order valence-electron chi connectivity index (χ0n) is 14.3. The minimum atomic E-state index is 0. The van der Waals surface area contributed by atoms with Gasteiger partial charge in [0.15, 0.2) is 0 Å². The Morgan fingerprint density at radius 1 is 1.16 bits per heavy atom. The Hall–Kier alpha value is -1.98.